The highest BCUT2D eigenvalue weighted by Gasteiger charge is 2.61. The zero-order valence-electron chi connectivity index (χ0n) is 20.0. The number of hydrogen-bond acceptors (Lipinski definition) is 8. The number of nitrogens with two attached hydrogens (primary N) is 1. The predicted molar refractivity (Wildman–Crippen MR) is 133 cm³/mol. The van der Waals surface area contributed by atoms with Gasteiger partial charge in [-0.05, 0) is 49.2 Å². The van der Waals surface area contributed by atoms with Gasteiger partial charge in [-0.2, -0.15) is 0 Å². The van der Waals surface area contributed by atoms with Crippen molar-refractivity contribution in [3.63, 3.8) is 0 Å². The second kappa shape index (κ2) is 10.5. The first-order chi connectivity index (χ1) is 17.9. The van der Waals surface area contributed by atoms with E-state index in [1.807, 2.05) is 0 Å². The molecule has 0 unspecified atom stereocenters. The van der Waals surface area contributed by atoms with Crippen molar-refractivity contribution in [1.29, 1.82) is 0 Å². The SMILES string of the molecule is NC1([C@@H]2O[C@H](COC(=O)c3ccccc3)[C@@H](OC(=O)c3ccccc3)[C@H]2OC(=O)c2ccccc2)CC1. The second-order valence-corrected chi connectivity index (χ2v) is 9.26. The van der Waals surface area contributed by atoms with Gasteiger partial charge in [-0.1, -0.05) is 54.6 Å². The van der Waals surface area contributed by atoms with Crippen LogP contribution in [0.2, 0.25) is 0 Å². The maximum absolute atomic E-state index is 13.0. The first kappa shape index (κ1) is 24.7. The van der Waals surface area contributed by atoms with Crippen molar-refractivity contribution in [2.24, 2.45) is 5.73 Å². The number of benzene rings is 3. The van der Waals surface area contributed by atoms with Gasteiger partial charge in [-0.3, -0.25) is 0 Å². The molecular weight excluding hydrogens is 474 g/mol. The van der Waals surface area contributed by atoms with E-state index in [2.05, 4.69) is 0 Å². The average Bonchev–Trinajstić information content (AvgIpc) is 3.60. The van der Waals surface area contributed by atoms with E-state index in [9.17, 15) is 14.4 Å². The number of carbonyl (C=O) groups excluding carboxylic acids is 3. The minimum Gasteiger partial charge on any atom is -0.459 e. The molecule has 2 fully saturated rings. The van der Waals surface area contributed by atoms with Crippen LogP contribution in [0.3, 0.4) is 0 Å². The summed E-state index contributed by atoms with van der Waals surface area (Å²) in [6.07, 6.45) is -2.35. The van der Waals surface area contributed by atoms with Crippen LogP contribution in [0.1, 0.15) is 43.9 Å². The molecule has 1 saturated carbocycles. The van der Waals surface area contributed by atoms with Crippen molar-refractivity contribution in [2.45, 2.75) is 42.8 Å². The number of rotatable bonds is 8. The molecule has 1 aliphatic carbocycles. The highest BCUT2D eigenvalue weighted by molar-refractivity contribution is 5.91. The van der Waals surface area contributed by atoms with Gasteiger partial charge in [0.2, 0.25) is 0 Å². The summed E-state index contributed by atoms with van der Waals surface area (Å²) in [5, 5.41) is 0. The lowest BCUT2D eigenvalue weighted by atomic mass is 10.00. The Kier molecular flexibility index (Phi) is 7.03. The zero-order valence-corrected chi connectivity index (χ0v) is 20.0. The van der Waals surface area contributed by atoms with Crippen molar-refractivity contribution >= 4 is 17.9 Å². The summed E-state index contributed by atoms with van der Waals surface area (Å²) < 4.78 is 23.5. The van der Waals surface area contributed by atoms with E-state index in [0.29, 0.717) is 29.5 Å². The third-order valence-electron chi connectivity index (χ3n) is 6.60. The van der Waals surface area contributed by atoms with Crippen LogP contribution in [0.4, 0.5) is 0 Å². The second-order valence-electron chi connectivity index (χ2n) is 9.26. The summed E-state index contributed by atoms with van der Waals surface area (Å²) in [7, 11) is 0. The summed E-state index contributed by atoms with van der Waals surface area (Å²) in [5.74, 6) is -1.75. The monoisotopic (exact) mass is 501 g/mol. The molecule has 8 heteroatoms. The van der Waals surface area contributed by atoms with Crippen molar-refractivity contribution in [3.05, 3.63) is 108 Å². The summed E-state index contributed by atoms with van der Waals surface area (Å²) >= 11 is 0. The molecule has 3 aromatic carbocycles. The fourth-order valence-corrected chi connectivity index (χ4v) is 4.37. The lowest BCUT2D eigenvalue weighted by Crippen LogP contribution is -2.48. The van der Waals surface area contributed by atoms with Crippen molar-refractivity contribution in [2.75, 3.05) is 6.61 Å². The predicted octanol–water partition coefficient (Wildman–Crippen LogP) is 3.55. The highest BCUT2D eigenvalue weighted by atomic mass is 16.7. The van der Waals surface area contributed by atoms with E-state index in [1.165, 1.54) is 0 Å². The quantitative estimate of drug-likeness (QED) is 0.368. The van der Waals surface area contributed by atoms with Crippen LogP contribution in [0, 0.1) is 0 Å². The van der Waals surface area contributed by atoms with Crippen LogP contribution >= 0.6 is 0 Å². The van der Waals surface area contributed by atoms with Crippen LogP contribution in [-0.2, 0) is 18.9 Å². The molecule has 3 aromatic rings. The molecule has 0 aromatic heterocycles. The molecule has 8 nitrogen and oxygen atoms in total. The molecule has 0 radical (unpaired) electrons. The Morgan fingerprint density at radius 3 is 1.59 bits per heavy atom. The lowest BCUT2D eigenvalue weighted by molar-refractivity contribution is -0.0477. The molecule has 2 aliphatic rings. The van der Waals surface area contributed by atoms with E-state index in [-0.39, 0.29) is 6.61 Å². The molecule has 1 aliphatic heterocycles. The number of hydrogen-bond donors (Lipinski definition) is 1. The molecule has 5 rings (SSSR count). The topological polar surface area (TPSA) is 114 Å². The number of carbonyl (C=O) groups is 3. The molecule has 1 saturated heterocycles. The van der Waals surface area contributed by atoms with Crippen molar-refractivity contribution in [3.8, 4) is 0 Å². The maximum Gasteiger partial charge on any atom is 0.338 e. The molecule has 0 spiro atoms. The Bertz CT molecular complexity index is 1250. The molecule has 0 bridgehead atoms. The van der Waals surface area contributed by atoms with Gasteiger partial charge in [0, 0.05) is 5.54 Å². The molecule has 4 atom stereocenters. The van der Waals surface area contributed by atoms with Crippen LogP contribution in [0.25, 0.3) is 0 Å². The molecule has 2 N–H and O–H groups in total. The first-order valence-corrected chi connectivity index (χ1v) is 12.1. The van der Waals surface area contributed by atoms with E-state index >= 15 is 0 Å². The Balaban J connectivity index is 1.40. The van der Waals surface area contributed by atoms with E-state index in [0.717, 1.165) is 0 Å². The largest absolute Gasteiger partial charge is 0.459 e. The van der Waals surface area contributed by atoms with Gasteiger partial charge in [0.1, 0.15) is 18.8 Å². The Hall–Kier alpha value is -4.01. The molecule has 0 amide bonds. The standard InChI is InChI=1S/C29H27NO7/c30-29(16-17-29)25-24(37-28(33)21-14-8-3-9-15-21)23(36-27(32)20-12-6-2-7-13-20)22(35-25)18-34-26(31)19-10-4-1-5-11-19/h1-15,22-25H,16-18,30H2/t22-,23-,24-,25-/m1/s1. The van der Waals surface area contributed by atoms with Gasteiger partial charge in [0.05, 0.1) is 16.7 Å². The van der Waals surface area contributed by atoms with Gasteiger partial charge in [-0.25, -0.2) is 14.4 Å². The maximum atomic E-state index is 13.0. The van der Waals surface area contributed by atoms with Gasteiger partial charge in [0.15, 0.2) is 12.2 Å². The van der Waals surface area contributed by atoms with Crippen molar-refractivity contribution < 1.29 is 33.3 Å². The summed E-state index contributed by atoms with van der Waals surface area (Å²) in [6, 6.07) is 25.5. The minimum atomic E-state index is -1.05. The summed E-state index contributed by atoms with van der Waals surface area (Å²) in [6.45, 7) is -0.216. The first-order valence-electron chi connectivity index (χ1n) is 12.1. The van der Waals surface area contributed by atoms with Gasteiger partial charge in [0.25, 0.3) is 0 Å². The van der Waals surface area contributed by atoms with Gasteiger partial charge < -0.3 is 24.7 Å². The molecule has 1 heterocycles. The normalized spacial score (nSPS) is 23.6. The van der Waals surface area contributed by atoms with E-state index in [1.54, 1.807) is 91.0 Å². The van der Waals surface area contributed by atoms with Crippen LogP contribution in [0.5, 0.6) is 0 Å². The van der Waals surface area contributed by atoms with E-state index in [4.69, 9.17) is 24.7 Å². The Labute approximate surface area is 214 Å². The lowest BCUT2D eigenvalue weighted by Gasteiger charge is -2.27. The van der Waals surface area contributed by atoms with Crippen LogP contribution < -0.4 is 5.73 Å². The van der Waals surface area contributed by atoms with Gasteiger partial charge >= 0.3 is 17.9 Å². The highest BCUT2D eigenvalue weighted by Crippen LogP contribution is 2.45. The van der Waals surface area contributed by atoms with Crippen LogP contribution in [-0.4, -0.2) is 54.5 Å². The van der Waals surface area contributed by atoms with Crippen LogP contribution in [0.15, 0.2) is 91.0 Å². The Morgan fingerprint density at radius 2 is 1.14 bits per heavy atom. The smallest absolute Gasteiger partial charge is 0.338 e. The summed E-state index contributed by atoms with van der Waals surface area (Å²) in [5.41, 5.74) is 6.81. The molecule has 37 heavy (non-hydrogen) atoms. The fourth-order valence-electron chi connectivity index (χ4n) is 4.37. The Morgan fingerprint density at radius 1 is 0.703 bits per heavy atom. The number of ether oxygens (including phenoxy) is 4. The average molecular weight is 502 g/mol. The minimum absolute atomic E-state index is 0.216. The fraction of sp³-hybridized carbons (Fsp3) is 0.276. The molecule has 190 valence electrons. The third kappa shape index (κ3) is 5.55. The summed E-state index contributed by atoms with van der Waals surface area (Å²) in [4.78, 5) is 38.6. The zero-order chi connectivity index (χ0) is 25.8. The third-order valence-corrected chi connectivity index (χ3v) is 6.60. The number of esters is 3. The van der Waals surface area contributed by atoms with Gasteiger partial charge in [-0.15, -0.1) is 0 Å². The van der Waals surface area contributed by atoms with Crippen molar-refractivity contribution in [1.82, 2.24) is 0 Å². The van der Waals surface area contributed by atoms with E-state index < -0.39 is 47.9 Å². The molecular formula is C29H27NO7.